The number of thiophene rings is 1. The molecular formula is C11H9NO2S. The molecule has 0 bridgehead atoms. The quantitative estimate of drug-likeness (QED) is 0.814. The van der Waals surface area contributed by atoms with Crippen LogP contribution < -0.4 is 5.56 Å². The van der Waals surface area contributed by atoms with Crippen LogP contribution >= 0.6 is 11.3 Å². The van der Waals surface area contributed by atoms with Crippen LogP contribution in [-0.2, 0) is 0 Å². The Kier molecular flexibility index (Phi) is 2.69. The lowest BCUT2D eigenvalue weighted by Crippen LogP contribution is -2.03. The van der Waals surface area contributed by atoms with Gasteiger partial charge in [0, 0.05) is 22.7 Å². The van der Waals surface area contributed by atoms with E-state index in [1.165, 1.54) is 6.07 Å². The molecule has 0 aliphatic heterocycles. The van der Waals surface area contributed by atoms with Gasteiger partial charge >= 0.3 is 0 Å². The van der Waals surface area contributed by atoms with Gasteiger partial charge in [0.2, 0.25) is 0 Å². The number of H-pyrrole nitrogens is 1. The zero-order chi connectivity index (χ0) is 10.7. The minimum absolute atomic E-state index is 0.0235. The fourth-order valence-corrected chi connectivity index (χ4v) is 1.82. The van der Waals surface area contributed by atoms with Crippen molar-refractivity contribution in [1.82, 2.24) is 4.98 Å². The summed E-state index contributed by atoms with van der Waals surface area (Å²) < 4.78 is 0. The van der Waals surface area contributed by atoms with E-state index in [1.807, 2.05) is 23.6 Å². The zero-order valence-corrected chi connectivity index (χ0v) is 8.62. The maximum absolute atomic E-state index is 11.0. The largest absolute Gasteiger partial charge is 0.508 e. The summed E-state index contributed by atoms with van der Waals surface area (Å²) in [7, 11) is 0. The summed E-state index contributed by atoms with van der Waals surface area (Å²) in [6.45, 7) is 0. The Morgan fingerprint density at radius 1 is 1.33 bits per heavy atom. The third-order valence-electron chi connectivity index (χ3n) is 1.82. The van der Waals surface area contributed by atoms with Crippen molar-refractivity contribution in [3.63, 3.8) is 0 Å². The minimum atomic E-state index is -0.305. The van der Waals surface area contributed by atoms with Gasteiger partial charge in [-0.15, -0.1) is 11.3 Å². The van der Waals surface area contributed by atoms with Crippen LogP contribution in [0, 0.1) is 0 Å². The first-order chi connectivity index (χ1) is 7.24. The van der Waals surface area contributed by atoms with Crippen molar-refractivity contribution in [3.8, 4) is 5.75 Å². The van der Waals surface area contributed by atoms with Crippen molar-refractivity contribution in [3.05, 3.63) is 50.6 Å². The SMILES string of the molecule is O=c1cc(O)cc(/C=C/c2cccs2)[nH]1. The van der Waals surface area contributed by atoms with E-state index in [2.05, 4.69) is 4.98 Å². The van der Waals surface area contributed by atoms with Gasteiger partial charge in [0.1, 0.15) is 5.75 Å². The molecule has 4 heteroatoms. The van der Waals surface area contributed by atoms with E-state index in [-0.39, 0.29) is 11.3 Å². The van der Waals surface area contributed by atoms with Crippen molar-refractivity contribution >= 4 is 23.5 Å². The highest BCUT2D eigenvalue weighted by atomic mass is 32.1. The number of aromatic hydroxyl groups is 1. The lowest BCUT2D eigenvalue weighted by molar-refractivity contribution is 0.473. The second kappa shape index (κ2) is 4.14. The summed E-state index contributed by atoms with van der Waals surface area (Å²) in [6, 6.07) is 6.58. The molecule has 0 aliphatic carbocycles. The predicted octanol–water partition coefficient (Wildman–Crippen LogP) is 2.31. The molecule has 2 aromatic heterocycles. The first-order valence-electron chi connectivity index (χ1n) is 4.39. The minimum Gasteiger partial charge on any atom is -0.508 e. The molecule has 2 N–H and O–H groups in total. The van der Waals surface area contributed by atoms with Crippen LogP contribution in [0.3, 0.4) is 0 Å². The van der Waals surface area contributed by atoms with Gasteiger partial charge in [-0.1, -0.05) is 6.07 Å². The highest BCUT2D eigenvalue weighted by Gasteiger charge is 1.94. The molecular weight excluding hydrogens is 210 g/mol. The van der Waals surface area contributed by atoms with Crippen LogP contribution in [0.25, 0.3) is 12.2 Å². The molecule has 0 saturated carbocycles. The number of hydrogen-bond donors (Lipinski definition) is 2. The van der Waals surface area contributed by atoms with Crippen molar-refractivity contribution in [1.29, 1.82) is 0 Å². The van der Waals surface area contributed by atoms with Gasteiger partial charge in [-0.25, -0.2) is 0 Å². The highest BCUT2D eigenvalue weighted by Crippen LogP contribution is 2.13. The average Bonchev–Trinajstić information content (AvgIpc) is 2.65. The third-order valence-corrected chi connectivity index (χ3v) is 2.66. The number of aromatic nitrogens is 1. The highest BCUT2D eigenvalue weighted by molar-refractivity contribution is 7.10. The molecule has 15 heavy (non-hydrogen) atoms. The average molecular weight is 219 g/mol. The fraction of sp³-hybridized carbons (Fsp3) is 0. The summed E-state index contributed by atoms with van der Waals surface area (Å²) in [4.78, 5) is 14.7. The smallest absolute Gasteiger partial charge is 0.252 e. The van der Waals surface area contributed by atoms with Gasteiger partial charge in [0.25, 0.3) is 5.56 Å². The molecule has 0 amide bonds. The van der Waals surface area contributed by atoms with Crippen LogP contribution in [0.4, 0.5) is 0 Å². The lowest BCUT2D eigenvalue weighted by atomic mass is 10.3. The summed E-state index contributed by atoms with van der Waals surface area (Å²) >= 11 is 1.61. The maximum atomic E-state index is 11.0. The molecule has 0 fully saturated rings. The molecule has 0 spiro atoms. The predicted molar refractivity (Wildman–Crippen MR) is 62.0 cm³/mol. The number of hydrogen-bond acceptors (Lipinski definition) is 3. The molecule has 0 aliphatic rings. The number of rotatable bonds is 2. The summed E-state index contributed by atoms with van der Waals surface area (Å²) in [5, 5.41) is 11.2. The standard InChI is InChI=1S/C11H9NO2S/c13-9-6-8(12-11(14)7-9)3-4-10-2-1-5-15-10/h1-7H,(H2,12,13,14)/b4-3+. The van der Waals surface area contributed by atoms with Gasteiger partial charge in [0.05, 0.1) is 0 Å². The van der Waals surface area contributed by atoms with Crippen LogP contribution in [0.2, 0.25) is 0 Å². The van der Waals surface area contributed by atoms with Gasteiger partial charge in [0.15, 0.2) is 0 Å². The Morgan fingerprint density at radius 2 is 2.20 bits per heavy atom. The number of aromatic amines is 1. The normalized spacial score (nSPS) is 10.9. The molecule has 0 atom stereocenters. The summed E-state index contributed by atoms with van der Waals surface area (Å²) in [5.74, 6) is -0.0235. The Balaban J connectivity index is 2.28. The van der Waals surface area contributed by atoms with E-state index in [9.17, 15) is 9.90 Å². The van der Waals surface area contributed by atoms with Gasteiger partial charge in [-0.05, 0) is 23.6 Å². The molecule has 0 saturated heterocycles. The molecule has 0 radical (unpaired) electrons. The molecule has 2 heterocycles. The van der Waals surface area contributed by atoms with Crippen LogP contribution in [0.5, 0.6) is 5.75 Å². The van der Waals surface area contributed by atoms with E-state index in [0.29, 0.717) is 5.69 Å². The second-order valence-corrected chi connectivity index (χ2v) is 3.99. The second-order valence-electron chi connectivity index (χ2n) is 3.01. The van der Waals surface area contributed by atoms with E-state index in [0.717, 1.165) is 10.9 Å². The van der Waals surface area contributed by atoms with Gasteiger partial charge in [-0.2, -0.15) is 0 Å². The monoisotopic (exact) mass is 219 g/mol. The Morgan fingerprint density at radius 3 is 2.87 bits per heavy atom. The molecule has 0 unspecified atom stereocenters. The van der Waals surface area contributed by atoms with Gasteiger partial charge < -0.3 is 10.1 Å². The lowest BCUT2D eigenvalue weighted by Gasteiger charge is -1.94. The van der Waals surface area contributed by atoms with Crippen LogP contribution in [-0.4, -0.2) is 10.1 Å². The van der Waals surface area contributed by atoms with Gasteiger partial charge in [-0.3, -0.25) is 4.79 Å². The zero-order valence-electron chi connectivity index (χ0n) is 7.81. The fourth-order valence-electron chi connectivity index (χ4n) is 1.20. The maximum Gasteiger partial charge on any atom is 0.252 e. The number of nitrogens with one attached hydrogen (secondary N) is 1. The molecule has 2 aromatic rings. The summed E-state index contributed by atoms with van der Waals surface area (Å²) in [5.41, 5.74) is 0.286. The Labute approximate surface area is 90.3 Å². The van der Waals surface area contributed by atoms with Crippen molar-refractivity contribution in [2.24, 2.45) is 0 Å². The Bertz CT molecular complexity index is 526. The summed E-state index contributed by atoms with van der Waals surface area (Å²) in [6.07, 6.45) is 3.64. The van der Waals surface area contributed by atoms with E-state index < -0.39 is 0 Å². The third kappa shape index (κ3) is 2.57. The van der Waals surface area contributed by atoms with E-state index in [4.69, 9.17) is 0 Å². The van der Waals surface area contributed by atoms with Crippen molar-refractivity contribution in [2.75, 3.05) is 0 Å². The van der Waals surface area contributed by atoms with Crippen molar-refractivity contribution < 1.29 is 5.11 Å². The van der Waals surface area contributed by atoms with Crippen LogP contribution in [0.1, 0.15) is 10.6 Å². The molecule has 2 rings (SSSR count). The van der Waals surface area contributed by atoms with Crippen LogP contribution in [0.15, 0.2) is 34.4 Å². The van der Waals surface area contributed by atoms with E-state index >= 15 is 0 Å². The first-order valence-corrected chi connectivity index (χ1v) is 5.27. The molecule has 0 aromatic carbocycles. The first kappa shape index (κ1) is 9.73. The van der Waals surface area contributed by atoms with Crippen molar-refractivity contribution in [2.45, 2.75) is 0 Å². The topological polar surface area (TPSA) is 53.1 Å². The molecule has 76 valence electrons. The Hall–Kier alpha value is -1.81. The molecule has 3 nitrogen and oxygen atoms in total. The van der Waals surface area contributed by atoms with E-state index in [1.54, 1.807) is 17.4 Å². The number of pyridine rings is 1.